The first-order valence-electron chi connectivity index (χ1n) is 4.84. The summed E-state index contributed by atoms with van der Waals surface area (Å²) >= 11 is 0. The number of carboxylic acid groups (broad SMARTS) is 1. The van der Waals surface area contributed by atoms with Crippen LogP contribution in [0.25, 0.3) is 5.69 Å². The molecule has 0 unspecified atom stereocenters. The number of carbonyl (C=O) groups is 1. The first-order chi connectivity index (χ1) is 7.65. The third kappa shape index (κ3) is 2.25. The van der Waals surface area contributed by atoms with Crippen molar-refractivity contribution in [1.82, 2.24) is 14.8 Å². The third-order valence-corrected chi connectivity index (χ3v) is 2.11. The number of hydrogen-bond donors (Lipinski definition) is 1. The molecule has 82 valence electrons. The van der Waals surface area contributed by atoms with Crippen LogP contribution < -0.4 is 0 Å². The summed E-state index contributed by atoms with van der Waals surface area (Å²) in [7, 11) is 0. The fourth-order valence-electron chi connectivity index (χ4n) is 1.41. The highest BCUT2D eigenvalue weighted by Gasteiger charge is 2.06. The maximum Gasteiger partial charge on any atom is 0.311 e. The summed E-state index contributed by atoms with van der Waals surface area (Å²) in [5, 5.41) is 12.7. The number of carboxylic acids is 1. The molecule has 5 nitrogen and oxygen atoms in total. The Morgan fingerprint density at radius 3 is 3.00 bits per heavy atom. The van der Waals surface area contributed by atoms with Gasteiger partial charge in [-0.1, -0.05) is 12.1 Å². The number of hydrogen-bond acceptors (Lipinski definition) is 3. The molecule has 16 heavy (non-hydrogen) atoms. The fourth-order valence-corrected chi connectivity index (χ4v) is 1.41. The van der Waals surface area contributed by atoms with Gasteiger partial charge in [-0.2, -0.15) is 5.10 Å². The van der Waals surface area contributed by atoms with Gasteiger partial charge < -0.3 is 5.11 Å². The number of nitrogens with zero attached hydrogens (tertiary/aromatic N) is 3. The van der Waals surface area contributed by atoms with E-state index in [0.717, 1.165) is 11.3 Å². The minimum atomic E-state index is -0.929. The molecule has 0 atom stereocenters. The molecule has 0 fully saturated rings. The van der Waals surface area contributed by atoms with Gasteiger partial charge in [0, 0.05) is 0 Å². The SMILES string of the molecule is Cc1cccc(-n2cnc(CC(=O)O)n2)c1. The van der Waals surface area contributed by atoms with E-state index < -0.39 is 5.97 Å². The second kappa shape index (κ2) is 4.14. The van der Waals surface area contributed by atoms with Crippen molar-refractivity contribution in [2.75, 3.05) is 0 Å². The van der Waals surface area contributed by atoms with Crippen LogP contribution in [0.2, 0.25) is 0 Å². The monoisotopic (exact) mass is 217 g/mol. The standard InChI is InChI=1S/C11H11N3O2/c1-8-3-2-4-9(5-8)14-7-12-10(13-14)6-11(15)16/h2-5,7H,6H2,1H3,(H,15,16). The number of benzene rings is 1. The molecule has 0 aliphatic heterocycles. The highest BCUT2D eigenvalue weighted by Crippen LogP contribution is 2.08. The zero-order valence-electron chi connectivity index (χ0n) is 8.79. The summed E-state index contributed by atoms with van der Waals surface area (Å²) in [5.41, 5.74) is 2.00. The van der Waals surface area contributed by atoms with E-state index >= 15 is 0 Å². The first kappa shape index (κ1) is 10.4. The highest BCUT2D eigenvalue weighted by molar-refractivity contribution is 5.68. The van der Waals surface area contributed by atoms with Crippen LogP contribution in [0.4, 0.5) is 0 Å². The summed E-state index contributed by atoms with van der Waals surface area (Å²) in [5.74, 6) is -0.615. The summed E-state index contributed by atoms with van der Waals surface area (Å²) < 4.78 is 1.57. The van der Waals surface area contributed by atoms with Crippen LogP contribution in [0.5, 0.6) is 0 Å². The lowest BCUT2D eigenvalue weighted by molar-refractivity contribution is -0.136. The fraction of sp³-hybridized carbons (Fsp3) is 0.182. The zero-order chi connectivity index (χ0) is 11.5. The van der Waals surface area contributed by atoms with Gasteiger partial charge in [0.1, 0.15) is 12.7 Å². The Balaban J connectivity index is 2.28. The Morgan fingerprint density at radius 1 is 1.50 bits per heavy atom. The Bertz CT molecular complexity index is 519. The molecule has 1 aromatic heterocycles. The van der Waals surface area contributed by atoms with Crippen LogP contribution in [0, 0.1) is 6.92 Å². The van der Waals surface area contributed by atoms with Crippen LogP contribution in [-0.2, 0) is 11.2 Å². The quantitative estimate of drug-likeness (QED) is 0.838. The molecule has 2 rings (SSSR count). The predicted molar refractivity (Wildman–Crippen MR) is 57.4 cm³/mol. The molecule has 0 saturated heterocycles. The molecule has 0 spiro atoms. The Labute approximate surface area is 92.4 Å². The maximum absolute atomic E-state index is 10.5. The van der Waals surface area contributed by atoms with E-state index in [9.17, 15) is 4.79 Å². The summed E-state index contributed by atoms with van der Waals surface area (Å²) in [4.78, 5) is 14.4. The lowest BCUT2D eigenvalue weighted by atomic mass is 10.2. The van der Waals surface area contributed by atoms with Gasteiger partial charge in [0.2, 0.25) is 0 Å². The van der Waals surface area contributed by atoms with Crippen molar-refractivity contribution in [2.45, 2.75) is 13.3 Å². The molecule has 0 radical (unpaired) electrons. The van der Waals surface area contributed by atoms with E-state index in [1.165, 1.54) is 6.33 Å². The van der Waals surface area contributed by atoms with Crippen LogP contribution in [-0.4, -0.2) is 25.8 Å². The normalized spacial score (nSPS) is 10.3. The topological polar surface area (TPSA) is 68.0 Å². The Morgan fingerprint density at radius 2 is 2.31 bits per heavy atom. The number of aryl methyl sites for hydroxylation is 1. The van der Waals surface area contributed by atoms with Crippen molar-refractivity contribution in [2.24, 2.45) is 0 Å². The Kier molecular flexibility index (Phi) is 2.68. The number of aliphatic carboxylic acids is 1. The van der Waals surface area contributed by atoms with Crippen molar-refractivity contribution in [3.05, 3.63) is 42.0 Å². The van der Waals surface area contributed by atoms with Gasteiger partial charge in [-0.25, -0.2) is 9.67 Å². The van der Waals surface area contributed by atoms with E-state index in [2.05, 4.69) is 10.1 Å². The molecule has 1 N–H and O–H groups in total. The molecule has 0 saturated carbocycles. The number of aromatic nitrogens is 3. The van der Waals surface area contributed by atoms with Crippen LogP contribution in [0.1, 0.15) is 11.4 Å². The molecular formula is C11H11N3O2. The number of rotatable bonds is 3. The molecule has 1 heterocycles. The molecule has 0 bridgehead atoms. The largest absolute Gasteiger partial charge is 0.481 e. The average molecular weight is 217 g/mol. The average Bonchev–Trinajstić information content (AvgIpc) is 2.65. The molecule has 1 aromatic carbocycles. The minimum Gasteiger partial charge on any atom is -0.481 e. The molecule has 5 heteroatoms. The maximum atomic E-state index is 10.5. The molecule has 0 aliphatic rings. The van der Waals surface area contributed by atoms with Gasteiger partial charge in [-0.05, 0) is 24.6 Å². The van der Waals surface area contributed by atoms with Gasteiger partial charge >= 0.3 is 5.97 Å². The predicted octanol–water partition coefficient (Wildman–Crippen LogP) is 1.20. The van der Waals surface area contributed by atoms with Gasteiger partial charge in [0.15, 0.2) is 5.82 Å². The van der Waals surface area contributed by atoms with Crippen molar-refractivity contribution < 1.29 is 9.90 Å². The minimum absolute atomic E-state index is 0.154. The van der Waals surface area contributed by atoms with E-state index in [1.54, 1.807) is 4.68 Å². The third-order valence-electron chi connectivity index (χ3n) is 2.11. The summed E-state index contributed by atoms with van der Waals surface area (Å²) in [6, 6.07) is 7.76. The van der Waals surface area contributed by atoms with Crippen LogP contribution in [0.15, 0.2) is 30.6 Å². The second-order valence-electron chi connectivity index (χ2n) is 3.51. The van der Waals surface area contributed by atoms with Gasteiger partial charge in [-0.3, -0.25) is 4.79 Å². The first-order valence-corrected chi connectivity index (χ1v) is 4.84. The van der Waals surface area contributed by atoms with Crippen LogP contribution >= 0.6 is 0 Å². The smallest absolute Gasteiger partial charge is 0.311 e. The van der Waals surface area contributed by atoms with Gasteiger partial charge in [-0.15, -0.1) is 0 Å². The second-order valence-corrected chi connectivity index (χ2v) is 3.51. The van der Waals surface area contributed by atoms with Gasteiger partial charge in [0.05, 0.1) is 5.69 Å². The van der Waals surface area contributed by atoms with Gasteiger partial charge in [0.25, 0.3) is 0 Å². The van der Waals surface area contributed by atoms with Crippen molar-refractivity contribution >= 4 is 5.97 Å². The van der Waals surface area contributed by atoms with E-state index in [1.807, 2.05) is 31.2 Å². The van der Waals surface area contributed by atoms with Crippen molar-refractivity contribution in [3.63, 3.8) is 0 Å². The van der Waals surface area contributed by atoms with Crippen molar-refractivity contribution in [1.29, 1.82) is 0 Å². The van der Waals surface area contributed by atoms with Crippen LogP contribution in [0.3, 0.4) is 0 Å². The zero-order valence-corrected chi connectivity index (χ0v) is 8.79. The van der Waals surface area contributed by atoms with E-state index in [0.29, 0.717) is 5.82 Å². The molecule has 0 aliphatic carbocycles. The van der Waals surface area contributed by atoms with E-state index in [-0.39, 0.29) is 6.42 Å². The summed E-state index contributed by atoms with van der Waals surface area (Å²) in [6.45, 7) is 1.98. The van der Waals surface area contributed by atoms with Crippen molar-refractivity contribution in [3.8, 4) is 5.69 Å². The molecular weight excluding hydrogens is 206 g/mol. The lowest BCUT2D eigenvalue weighted by Crippen LogP contribution is -2.03. The highest BCUT2D eigenvalue weighted by atomic mass is 16.4. The van der Waals surface area contributed by atoms with E-state index in [4.69, 9.17) is 5.11 Å². The summed E-state index contributed by atoms with van der Waals surface area (Å²) in [6.07, 6.45) is 1.37. The molecule has 2 aromatic rings. The Hall–Kier alpha value is -2.17. The molecule has 0 amide bonds. The lowest BCUT2D eigenvalue weighted by Gasteiger charge is -2.00.